The van der Waals surface area contributed by atoms with E-state index < -0.39 is 11.6 Å². The highest BCUT2D eigenvalue weighted by Gasteiger charge is 2.09. The average Bonchev–Trinajstić information content (AvgIpc) is 2.33. The van der Waals surface area contributed by atoms with Crippen LogP contribution >= 0.6 is 23.4 Å². The van der Waals surface area contributed by atoms with E-state index in [-0.39, 0.29) is 16.5 Å². The second-order valence-electron chi connectivity index (χ2n) is 3.28. The second kappa shape index (κ2) is 6.12. The maximum atomic E-state index is 13.1. The maximum absolute atomic E-state index is 13.1. The normalized spacial score (nSPS) is 10.5. The van der Waals surface area contributed by atoms with Crippen molar-refractivity contribution >= 4 is 23.4 Å². The van der Waals surface area contributed by atoms with Gasteiger partial charge in [-0.05, 0) is 48.5 Å². The van der Waals surface area contributed by atoms with Crippen molar-refractivity contribution in [2.24, 2.45) is 0 Å². The molecule has 0 amide bonds. The standard InChI is InChI=1S/C11H8ClF2N3OS/c1-2-18-10-15-9(12)16-11(17-10)19-6-3-4-7(13)8(14)5-6/h3-5H,2H2,1H3. The summed E-state index contributed by atoms with van der Waals surface area (Å²) < 4.78 is 31.0. The summed E-state index contributed by atoms with van der Waals surface area (Å²) in [5.41, 5.74) is 0. The number of aromatic nitrogens is 3. The quantitative estimate of drug-likeness (QED) is 0.867. The Bertz CT molecular complexity index is 600. The van der Waals surface area contributed by atoms with Gasteiger partial charge >= 0.3 is 6.01 Å². The molecule has 1 heterocycles. The minimum atomic E-state index is -0.935. The molecule has 19 heavy (non-hydrogen) atoms. The second-order valence-corrected chi connectivity index (χ2v) is 4.66. The van der Waals surface area contributed by atoms with Crippen LogP contribution in [0.1, 0.15) is 6.92 Å². The van der Waals surface area contributed by atoms with Crippen LogP contribution in [-0.4, -0.2) is 21.6 Å². The zero-order valence-corrected chi connectivity index (χ0v) is 11.3. The molecule has 0 bridgehead atoms. The van der Waals surface area contributed by atoms with Crippen LogP contribution in [-0.2, 0) is 0 Å². The van der Waals surface area contributed by atoms with Crippen molar-refractivity contribution in [1.82, 2.24) is 15.0 Å². The van der Waals surface area contributed by atoms with E-state index in [4.69, 9.17) is 16.3 Å². The molecule has 0 aliphatic rings. The van der Waals surface area contributed by atoms with Crippen molar-refractivity contribution in [3.05, 3.63) is 35.1 Å². The van der Waals surface area contributed by atoms with Gasteiger partial charge in [0.25, 0.3) is 0 Å². The summed E-state index contributed by atoms with van der Waals surface area (Å²) in [5, 5.41) is 0.220. The molecule has 0 saturated carbocycles. The van der Waals surface area contributed by atoms with Crippen LogP contribution in [0.15, 0.2) is 28.3 Å². The van der Waals surface area contributed by atoms with Crippen molar-refractivity contribution in [3.8, 4) is 6.01 Å². The minimum Gasteiger partial charge on any atom is -0.464 e. The fourth-order valence-corrected chi connectivity index (χ4v) is 2.17. The monoisotopic (exact) mass is 303 g/mol. The van der Waals surface area contributed by atoms with Crippen LogP contribution < -0.4 is 4.74 Å². The van der Waals surface area contributed by atoms with Gasteiger partial charge in [-0.1, -0.05) is 0 Å². The number of ether oxygens (including phenoxy) is 1. The van der Waals surface area contributed by atoms with E-state index in [9.17, 15) is 8.78 Å². The molecule has 0 spiro atoms. The molecule has 0 aliphatic heterocycles. The minimum absolute atomic E-state index is 0.0245. The van der Waals surface area contributed by atoms with E-state index in [0.29, 0.717) is 11.5 Å². The first-order valence-corrected chi connectivity index (χ1v) is 6.45. The predicted molar refractivity (Wildman–Crippen MR) is 66.5 cm³/mol. The molecule has 8 heteroatoms. The van der Waals surface area contributed by atoms with Gasteiger partial charge in [0.1, 0.15) is 0 Å². The summed E-state index contributed by atoms with van der Waals surface area (Å²) in [4.78, 5) is 12.1. The van der Waals surface area contributed by atoms with E-state index in [1.54, 1.807) is 6.92 Å². The van der Waals surface area contributed by atoms with Gasteiger partial charge in [0, 0.05) is 4.90 Å². The van der Waals surface area contributed by atoms with Crippen molar-refractivity contribution in [2.75, 3.05) is 6.61 Å². The number of rotatable bonds is 4. The lowest BCUT2D eigenvalue weighted by molar-refractivity contribution is 0.307. The number of hydrogen-bond acceptors (Lipinski definition) is 5. The fraction of sp³-hybridized carbons (Fsp3) is 0.182. The van der Waals surface area contributed by atoms with Crippen LogP contribution in [0.5, 0.6) is 6.01 Å². The Morgan fingerprint density at radius 2 is 2.00 bits per heavy atom. The summed E-state index contributed by atoms with van der Waals surface area (Å²) in [5.74, 6) is -1.84. The Morgan fingerprint density at radius 3 is 2.68 bits per heavy atom. The van der Waals surface area contributed by atoms with E-state index in [1.165, 1.54) is 6.07 Å². The average molecular weight is 304 g/mol. The molecule has 0 fully saturated rings. The van der Waals surface area contributed by atoms with Crippen LogP contribution in [0.4, 0.5) is 8.78 Å². The molecule has 0 aliphatic carbocycles. The molecule has 2 rings (SSSR count). The third kappa shape index (κ3) is 3.74. The Morgan fingerprint density at radius 1 is 1.21 bits per heavy atom. The van der Waals surface area contributed by atoms with E-state index in [0.717, 1.165) is 23.9 Å². The van der Waals surface area contributed by atoms with Gasteiger partial charge in [-0.25, -0.2) is 8.78 Å². The summed E-state index contributed by atoms with van der Waals surface area (Å²) in [6, 6.07) is 3.59. The predicted octanol–water partition coefficient (Wildman–Crippen LogP) is 3.35. The molecule has 0 radical (unpaired) electrons. The van der Waals surface area contributed by atoms with E-state index in [2.05, 4.69) is 15.0 Å². The van der Waals surface area contributed by atoms with Gasteiger partial charge in [-0.2, -0.15) is 15.0 Å². The molecule has 2 aromatic rings. The first kappa shape index (κ1) is 14.0. The van der Waals surface area contributed by atoms with E-state index >= 15 is 0 Å². The van der Waals surface area contributed by atoms with Crippen LogP contribution in [0.2, 0.25) is 5.28 Å². The van der Waals surface area contributed by atoms with Gasteiger partial charge in [0.2, 0.25) is 5.28 Å². The fourth-order valence-electron chi connectivity index (χ4n) is 1.20. The highest BCUT2D eigenvalue weighted by molar-refractivity contribution is 7.99. The zero-order chi connectivity index (χ0) is 13.8. The van der Waals surface area contributed by atoms with Crippen LogP contribution in [0.3, 0.4) is 0 Å². The van der Waals surface area contributed by atoms with Gasteiger partial charge < -0.3 is 4.74 Å². The Kier molecular flexibility index (Phi) is 4.49. The highest BCUT2D eigenvalue weighted by Crippen LogP contribution is 2.27. The van der Waals surface area contributed by atoms with Crippen molar-refractivity contribution in [2.45, 2.75) is 17.0 Å². The summed E-state index contributed by atoms with van der Waals surface area (Å²) >= 11 is 6.75. The number of hydrogen-bond donors (Lipinski definition) is 0. The first-order chi connectivity index (χ1) is 9.08. The van der Waals surface area contributed by atoms with Gasteiger partial charge in [0.15, 0.2) is 16.8 Å². The Labute approximate surface area is 117 Å². The molecule has 0 N–H and O–H groups in total. The molecule has 1 aromatic heterocycles. The van der Waals surface area contributed by atoms with Gasteiger partial charge in [0.05, 0.1) is 6.61 Å². The molecule has 100 valence electrons. The van der Waals surface area contributed by atoms with Crippen LogP contribution in [0.25, 0.3) is 0 Å². The lowest BCUT2D eigenvalue weighted by Gasteiger charge is -2.04. The Hall–Kier alpha value is -1.47. The molecular weight excluding hydrogens is 296 g/mol. The molecule has 0 atom stereocenters. The largest absolute Gasteiger partial charge is 0.464 e. The SMILES string of the molecule is CCOc1nc(Cl)nc(Sc2ccc(F)c(F)c2)n1. The van der Waals surface area contributed by atoms with Crippen LogP contribution in [0, 0.1) is 11.6 Å². The number of benzene rings is 1. The molecule has 0 unspecified atom stereocenters. The van der Waals surface area contributed by atoms with Crippen molar-refractivity contribution in [1.29, 1.82) is 0 Å². The van der Waals surface area contributed by atoms with Gasteiger partial charge in [-0.15, -0.1) is 0 Å². The third-order valence-corrected chi connectivity index (χ3v) is 2.96. The molecular formula is C11H8ClF2N3OS. The topological polar surface area (TPSA) is 47.9 Å². The Balaban J connectivity index is 2.24. The lowest BCUT2D eigenvalue weighted by Crippen LogP contribution is -2.00. The number of nitrogens with zero attached hydrogens (tertiary/aromatic N) is 3. The zero-order valence-electron chi connectivity index (χ0n) is 9.73. The van der Waals surface area contributed by atoms with E-state index in [1.807, 2.05) is 0 Å². The van der Waals surface area contributed by atoms with Crippen molar-refractivity contribution in [3.63, 3.8) is 0 Å². The first-order valence-electron chi connectivity index (χ1n) is 5.25. The highest BCUT2D eigenvalue weighted by atomic mass is 35.5. The maximum Gasteiger partial charge on any atom is 0.321 e. The number of halogens is 3. The smallest absolute Gasteiger partial charge is 0.321 e. The summed E-state index contributed by atoms with van der Waals surface area (Å²) in [7, 11) is 0. The summed E-state index contributed by atoms with van der Waals surface area (Å²) in [6.45, 7) is 2.16. The third-order valence-electron chi connectivity index (χ3n) is 1.94. The lowest BCUT2D eigenvalue weighted by atomic mass is 10.3. The summed E-state index contributed by atoms with van der Waals surface area (Å²) in [6.07, 6.45) is 0. The van der Waals surface area contributed by atoms with Gasteiger partial charge in [-0.3, -0.25) is 0 Å². The molecule has 1 aromatic carbocycles. The molecule has 4 nitrogen and oxygen atoms in total. The van der Waals surface area contributed by atoms with Crippen molar-refractivity contribution < 1.29 is 13.5 Å². The molecule has 0 saturated heterocycles.